The van der Waals surface area contributed by atoms with Crippen LogP contribution in [-0.2, 0) is 26.2 Å². The van der Waals surface area contributed by atoms with Gasteiger partial charge in [0.1, 0.15) is 10.8 Å². The van der Waals surface area contributed by atoms with Crippen molar-refractivity contribution in [1.82, 2.24) is 4.98 Å². The van der Waals surface area contributed by atoms with Crippen LogP contribution in [0.4, 0.5) is 5.00 Å². The van der Waals surface area contributed by atoms with E-state index >= 15 is 0 Å². The molecule has 0 aliphatic carbocycles. The fourth-order valence-electron chi connectivity index (χ4n) is 2.25. The summed E-state index contributed by atoms with van der Waals surface area (Å²) in [6.07, 6.45) is 1.50. The van der Waals surface area contributed by atoms with Gasteiger partial charge in [-0.25, -0.2) is 21.8 Å². The van der Waals surface area contributed by atoms with Crippen molar-refractivity contribution in [3.8, 4) is 0 Å². The first-order valence-corrected chi connectivity index (χ1v) is 12.0. The van der Waals surface area contributed by atoms with Gasteiger partial charge in [-0.2, -0.15) is 0 Å². The van der Waals surface area contributed by atoms with Crippen LogP contribution in [0.2, 0.25) is 0 Å². The molecular formula is C17H18N2O5S3. The minimum absolute atomic E-state index is 0.0555. The molecule has 0 amide bonds. The molecule has 0 saturated heterocycles. The Kier molecular flexibility index (Phi) is 5.41. The van der Waals surface area contributed by atoms with Crippen molar-refractivity contribution in [3.63, 3.8) is 0 Å². The summed E-state index contributed by atoms with van der Waals surface area (Å²) < 4.78 is 55.5. The van der Waals surface area contributed by atoms with E-state index in [1.165, 1.54) is 25.3 Å². The summed E-state index contributed by atoms with van der Waals surface area (Å²) in [5, 5.41) is 2.81. The Morgan fingerprint density at radius 3 is 2.41 bits per heavy atom. The molecule has 3 aromatic rings. The maximum Gasteiger partial charge on any atom is 0.226 e. The summed E-state index contributed by atoms with van der Waals surface area (Å²) in [7, 11) is -7.62. The third-order valence-electron chi connectivity index (χ3n) is 3.81. The molecule has 0 aliphatic heterocycles. The number of hydrogen-bond donors (Lipinski definition) is 1. The largest absolute Gasteiger partial charge is 0.467 e. The lowest BCUT2D eigenvalue weighted by atomic mass is 10.2. The van der Waals surface area contributed by atoms with Gasteiger partial charge in [0, 0.05) is 0 Å². The molecule has 2 heterocycles. The number of hydrogen-bond acceptors (Lipinski definition) is 8. The summed E-state index contributed by atoms with van der Waals surface area (Å²) in [4.78, 5) is 4.03. The number of rotatable bonds is 7. The first-order chi connectivity index (χ1) is 12.7. The van der Waals surface area contributed by atoms with E-state index in [0.29, 0.717) is 5.76 Å². The van der Waals surface area contributed by atoms with Crippen molar-refractivity contribution in [1.29, 1.82) is 0 Å². The minimum Gasteiger partial charge on any atom is -0.467 e. The van der Waals surface area contributed by atoms with Crippen LogP contribution in [0.5, 0.6) is 0 Å². The standard InChI is InChI=1S/C17H18N2O5S3/c1-3-26(20,21)17-19-16(15(25-17)18-11-13-5-4-10-24-13)27(22,23)14-8-6-12(2)7-9-14/h4-10,18H,3,11H2,1-2H3. The molecule has 0 saturated carbocycles. The van der Waals surface area contributed by atoms with Gasteiger partial charge in [0.05, 0.1) is 23.5 Å². The Balaban J connectivity index is 2.07. The van der Waals surface area contributed by atoms with Gasteiger partial charge >= 0.3 is 0 Å². The lowest BCUT2D eigenvalue weighted by Crippen LogP contribution is -2.08. The van der Waals surface area contributed by atoms with Gasteiger partial charge < -0.3 is 9.73 Å². The van der Waals surface area contributed by atoms with Gasteiger partial charge in [0.15, 0.2) is 5.03 Å². The molecule has 0 radical (unpaired) electrons. The summed E-state index contributed by atoms with van der Waals surface area (Å²) in [6.45, 7) is 3.54. The van der Waals surface area contributed by atoms with E-state index in [-0.39, 0.29) is 31.6 Å². The molecule has 3 rings (SSSR count). The highest BCUT2D eigenvalue weighted by atomic mass is 32.2. The Labute approximate surface area is 161 Å². The predicted molar refractivity (Wildman–Crippen MR) is 103 cm³/mol. The van der Waals surface area contributed by atoms with Gasteiger partial charge in [0.25, 0.3) is 0 Å². The van der Waals surface area contributed by atoms with E-state index in [1.807, 2.05) is 6.92 Å². The molecule has 0 atom stereocenters. The molecule has 1 N–H and O–H groups in total. The number of nitrogens with zero attached hydrogens (tertiary/aromatic N) is 1. The fraction of sp³-hybridized carbons (Fsp3) is 0.235. The number of aromatic nitrogens is 1. The monoisotopic (exact) mass is 426 g/mol. The smallest absolute Gasteiger partial charge is 0.226 e. The van der Waals surface area contributed by atoms with E-state index in [2.05, 4.69) is 10.3 Å². The number of thiazole rings is 1. The Hall–Kier alpha value is -2.17. The number of furan rings is 1. The zero-order valence-corrected chi connectivity index (χ0v) is 17.1. The first kappa shape index (κ1) is 19.6. The van der Waals surface area contributed by atoms with Gasteiger partial charge in [0.2, 0.25) is 24.0 Å². The average Bonchev–Trinajstić information content (AvgIpc) is 3.30. The molecule has 7 nitrogen and oxygen atoms in total. The number of sulfone groups is 2. The van der Waals surface area contributed by atoms with Crippen LogP contribution in [-0.4, -0.2) is 27.6 Å². The van der Waals surface area contributed by atoms with Crippen molar-refractivity contribution in [2.75, 3.05) is 11.1 Å². The number of benzene rings is 1. The topological polar surface area (TPSA) is 106 Å². The molecule has 144 valence electrons. The zero-order chi connectivity index (χ0) is 19.7. The van der Waals surface area contributed by atoms with Gasteiger partial charge in [-0.15, -0.1) is 0 Å². The van der Waals surface area contributed by atoms with Gasteiger partial charge in [-0.05, 0) is 31.2 Å². The summed E-state index contributed by atoms with van der Waals surface area (Å²) in [5.74, 6) is 0.421. The molecule has 0 aliphatic rings. The maximum atomic E-state index is 13.0. The Morgan fingerprint density at radius 2 is 1.81 bits per heavy atom. The highest BCUT2D eigenvalue weighted by Crippen LogP contribution is 2.35. The van der Waals surface area contributed by atoms with Crippen LogP contribution in [0.15, 0.2) is 61.3 Å². The number of aryl methyl sites for hydroxylation is 1. The van der Waals surface area contributed by atoms with Gasteiger partial charge in [-0.3, -0.25) is 0 Å². The molecule has 0 bridgehead atoms. The molecule has 27 heavy (non-hydrogen) atoms. The Bertz CT molecular complexity index is 1130. The van der Waals surface area contributed by atoms with E-state index in [9.17, 15) is 16.8 Å². The molecule has 10 heteroatoms. The third kappa shape index (κ3) is 4.07. The minimum atomic E-state index is -3.98. The lowest BCUT2D eigenvalue weighted by molar-refractivity contribution is 0.518. The van der Waals surface area contributed by atoms with Crippen molar-refractivity contribution in [3.05, 3.63) is 54.0 Å². The van der Waals surface area contributed by atoms with Crippen LogP contribution in [0, 0.1) is 6.92 Å². The van der Waals surface area contributed by atoms with E-state index in [4.69, 9.17) is 4.42 Å². The van der Waals surface area contributed by atoms with Crippen LogP contribution >= 0.6 is 11.3 Å². The summed E-state index contributed by atoms with van der Waals surface area (Å²) in [6, 6.07) is 9.76. The molecule has 1 aromatic carbocycles. The third-order valence-corrected chi connectivity index (χ3v) is 8.84. The summed E-state index contributed by atoms with van der Waals surface area (Å²) >= 11 is 0.807. The van der Waals surface area contributed by atoms with Crippen LogP contribution in [0.25, 0.3) is 0 Å². The molecule has 2 aromatic heterocycles. The molecule has 0 spiro atoms. The fourth-order valence-corrected chi connectivity index (χ4v) is 6.24. The van der Waals surface area contributed by atoms with Gasteiger partial charge in [-0.1, -0.05) is 36.0 Å². The zero-order valence-electron chi connectivity index (χ0n) is 14.7. The Morgan fingerprint density at radius 1 is 1.11 bits per heavy atom. The number of anilines is 1. The van der Waals surface area contributed by atoms with Crippen molar-refractivity contribution in [2.45, 2.75) is 34.7 Å². The molecule has 0 fully saturated rings. The second kappa shape index (κ2) is 7.45. The SMILES string of the molecule is CCS(=O)(=O)c1nc(S(=O)(=O)c2ccc(C)cc2)c(NCc2ccco2)s1. The maximum absolute atomic E-state index is 13.0. The van der Waals surface area contributed by atoms with E-state index in [0.717, 1.165) is 16.9 Å². The highest BCUT2D eigenvalue weighted by Gasteiger charge is 2.30. The highest BCUT2D eigenvalue weighted by molar-refractivity contribution is 7.94. The second-order valence-corrected chi connectivity index (χ2v) is 11.1. The van der Waals surface area contributed by atoms with Crippen LogP contribution < -0.4 is 5.32 Å². The van der Waals surface area contributed by atoms with Crippen molar-refractivity contribution < 1.29 is 21.3 Å². The molecular weight excluding hydrogens is 408 g/mol. The quantitative estimate of drug-likeness (QED) is 0.618. The average molecular weight is 427 g/mol. The number of nitrogens with one attached hydrogen (secondary N) is 1. The second-order valence-electron chi connectivity index (χ2n) is 5.77. The van der Waals surface area contributed by atoms with E-state index in [1.54, 1.807) is 24.3 Å². The van der Waals surface area contributed by atoms with Crippen molar-refractivity contribution in [2.24, 2.45) is 0 Å². The van der Waals surface area contributed by atoms with Crippen LogP contribution in [0.1, 0.15) is 18.2 Å². The van der Waals surface area contributed by atoms with E-state index < -0.39 is 19.7 Å². The predicted octanol–water partition coefficient (Wildman–Crippen LogP) is 3.28. The normalized spacial score (nSPS) is 12.2. The van der Waals surface area contributed by atoms with Crippen LogP contribution in [0.3, 0.4) is 0 Å². The molecule has 0 unspecified atom stereocenters. The summed E-state index contributed by atoms with van der Waals surface area (Å²) in [5.41, 5.74) is 0.914. The van der Waals surface area contributed by atoms with Crippen molar-refractivity contribution >= 4 is 36.0 Å². The first-order valence-electron chi connectivity index (χ1n) is 8.05. The lowest BCUT2D eigenvalue weighted by Gasteiger charge is -2.06.